The molecule has 2 heterocycles. The topological polar surface area (TPSA) is 29.8 Å². The summed E-state index contributed by atoms with van der Waals surface area (Å²) in [7, 11) is 3.51. The summed E-state index contributed by atoms with van der Waals surface area (Å²) >= 11 is 0. The van der Waals surface area contributed by atoms with Gasteiger partial charge < -0.3 is 14.2 Å². The number of anilines is 1. The summed E-state index contributed by atoms with van der Waals surface area (Å²) in [5, 5.41) is 1.32. The zero-order chi connectivity index (χ0) is 23.0. The zero-order valence-corrected chi connectivity index (χ0v) is 20.1. The number of rotatable bonds is 5. The molecular formula is C28H33N3O. The van der Waals surface area contributed by atoms with Crippen LogP contribution in [0.3, 0.4) is 0 Å². The van der Waals surface area contributed by atoms with Crippen LogP contribution in [0.1, 0.15) is 29.3 Å². The van der Waals surface area contributed by atoms with Gasteiger partial charge in [0, 0.05) is 37.3 Å². The lowest BCUT2D eigenvalue weighted by Gasteiger charge is -2.34. The van der Waals surface area contributed by atoms with Crippen molar-refractivity contribution in [3.63, 3.8) is 0 Å². The van der Waals surface area contributed by atoms with Crippen LogP contribution in [0.2, 0.25) is 0 Å². The Kier molecular flexibility index (Phi) is 5.96. The maximum absolute atomic E-state index is 5.46. The van der Waals surface area contributed by atoms with Gasteiger partial charge in [0.05, 0.1) is 18.3 Å². The van der Waals surface area contributed by atoms with Crippen LogP contribution >= 0.6 is 0 Å². The van der Waals surface area contributed by atoms with Gasteiger partial charge in [-0.25, -0.2) is 0 Å². The first-order valence-electron chi connectivity index (χ1n) is 11.3. The lowest BCUT2D eigenvalue weighted by Crippen LogP contribution is -2.37. The minimum Gasteiger partial charge on any atom is -0.497 e. The molecule has 0 radical (unpaired) electrons. The van der Waals surface area contributed by atoms with Crippen molar-refractivity contribution < 1.29 is 4.74 Å². The summed E-state index contributed by atoms with van der Waals surface area (Å²) in [6.07, 6.45) is 4.67. The van der Waals surface area contributed by atoms with Crippen molar-refractivity contribution in [3.05, 3.63) is 77.2 Å². The van der Waals surface area contributed by atoms with E-state index in [-0.39, 0.29) is 0 Å². The van der Waals surface area contributed by atoms with Crippen molar-refractivity contribution in [2.24, 2.45) is 4.99 Å². The minimum atomic E-state index is 0.712. The summed E-state index contributed by atoms with van der Waals surface area (Å²) in [5.74, 6) is 1.60. The van der Waals surface area contributed by atoms with Gasteiger partial charge in [-0.05, 0) is 61.6 Å². The monoisotopic (exact) mass is 427 g/mol. The molecule has 2 aromatic carbocycles. The standard InChI is InChI=1S/C28H33N3O/c1-8-22(32-7)17-25(29-6)31-15-14-30-19(4)16-24-26(21-12-10-18(3)11-13-21)23(9-2)20(5)27(31)28(24)30/h8,10-13,16-17H,1,9,14-15H2,2-7H3/b22-17+,29-25?. The Morgan fingerprint density at radius 3 is 2.47 bits per heavy atom. The number of allylic oxidation sites excluding steroid dienone is 1. The van der Waals surface area contributed by atoms with Gasteiger partial charge in [0.25, 0.3) is 0 Å². The average Bonchev–Trinajstić information content (AvgIpc) is 3.14. The van der Waals surface area contributed by atoms with Gasteiger partial charge in [-0.2, -0.15) is 0 Å². The van der Waals surface area contributed by atoms with E-state index >= 15 is 0 Å². The zero-order valence-electron chi connectivity index (χ0n) is 20.1. The normalized spacial score (nSPS) is 14.2. The third-order valence-corrected chi connectivity index (χ3v) is 6.63. The second-order valence-electron chi connectivity index (χ2n) is 8.43. The van der Waals surface area contributed by atoms with Gasteiger partial charge in [0.15, 0.2) is 0 Å². The molecule has 166 valence electrons. The van der Waals surface area contributed by atoms with Crippen LogP contribution in [0.15, 0.2) is 59.8 Å². The van der Waals surface area contributed by atoms with Crippen molar-refractivity contribution in [2.45, 2.75) is 40.7 Å². The van der Waals surface area contributed by atoms with Crippen LogP contribution in [-0.4, -0.2) is 31.1 Å². The SMILES string of the molecule is C=C/C(=C\C(=NC)N1CCn2c(C)cc3c(-c4ccc(C)cc4)c(CC)c(C)c1c32)OC. The first-order valence-corrected chi connectivity index (χ1v) is 11.3. The predicted molar refractivity (Wildman–Crippen MR) is 137 cm³/mol. The Morgan fingerprint density at radius 1 is 1.16 bits per heavy atom. The molecule has 4 nitrogen and oxygen atoms in total. The molecule has 0 N–H and O–H groups in total. The molecule has 0 fully saturated rings. The maximum atomic E-state index is 5.46. The molecule has 0 unspecified atom stereocenters. The first kappa shape index (κ1) is 21.9. The fourth-order valence-electron chi connectivity index (χ4n) is 5.04. The number of methoxy groups -OCH3 is 1. The highest BCUT2D eigenvalue weighted by molar-refractivity contribution is 6.15. The van der Waals surface area contributed by atoms with Gasteiger partial charge in [-0.3, -0.25) is 4.99 Å². The van der Waals surface area contributed by atoms with E-state index in [1.165, 1.54) is 50.1 Å². The Balaban J connectivity index is 2.04. The molecule has 1 aliphatic heterocycles. The molecule has 0 aliphatic carbocycles. The molecule has 1 aromatic heterocycles. The van der Waals surface area contributed by atoms with Crippen LogP contribution in [0.4, 0.5) is 5.69 Å². The van der Waals surface area contributed by atoms with Crippen LogP contribution < -0.4 is 4.90 Å². The molecule has 0 atom stereocenters. The molecule has 0 saturated carbocycles. The van der Waals surface area contributed by atoms with Crippen LogP contribution in [0.5, 0.6) is 0 Å². The lowest BCUT2D eigenvalue weighted by molar-refractivity contribution is 0.307. The van der Waals surface area contributed by atoms with E-state index in [4.69, 9.17) is 4.74 Å². The van der Waals surface area contributed by atoms with E-state index < -0.39 is 0 Å². The number of hydrogen-bond donors (Lipinski definition) is 0. The molecule has 0 saturated heterocycles. The average molecular weight is 428 g/mol. The maximum Gasteiger partial charge on any atom is 0.131 e. The molecule has 0 amide bonds. The summed E-state index contributed by atoms with van der Waals surface area (Å²) < 4.78 is 7.93. The fraction of sp³-hybridized carbons (Fsp3) is 0.321. The van der Waals surface area contributed by atoms with Gasteiger partial charge in [-0.15, -0.1) is 0 Å². The van der Waals surface area contributed by atoms with Crippen LogP contribution in [-0.2, 0) is 17.7 Å². The van der Waals surface area contributed by atoms with E-state index in [0.29, 0.717) is 5.76 Å². The highest BCUT2D eigenvalue weighted by Gasteiger charge is 2.29. The van der Waals surface area contributed by atoms with E-state index in [0.717, 1.165) is 25.3 Å². The second kappa shape index (κ2) is 8.70. The molecular weight excluding hydrogens is 394 g/mol. The van der Waals surface area contributed by atoms with E-state index in [2.05, 4.69) is 79.1 Å². The van der Waals surface area contributed by atoms with Gasteiger partial charge >= 0.3 is 0 Å². The number of nitrogens with zero attached hydrogens (tertiary/aromatic N) is 3. The summed E-state index contributed by atoms with van der Waals surface area (Å²) in [6.45, 7) is 14.5. The number of hydrogen-bond acceptors (Lipinski definition) is 2. The first-order chi connectivity index (χ1) is 15.4. The number of ether oxygens (including phenoxy) is 1. The van der Waals surface area contributed by atoms with Crippen molar-refractivity contribution in [2.75, 3.05) is 25.6 Å². The molecule has 4 rings (SSSR count). The molecule has 32 heavy (non-hydrogen) atoms. The largest absolute Gasteiger partial charge is 0.497 e. The number of amidine groups is 1. The summed E-state index contributed by atoms with van der Waals surface area (Å²) in [4.78, 5) is 6.98. The predicted octanol–water partition coefficient (Wildman–Crippen LogP) is 6.36. The Labute approximate surface area is 191 Å². The van der Waals surface area contributed by atoms with Crippen molar-refractivity contribution >= 4 is 22.4 Å². The second-order valence-corrected chi connectivity index (χ2v) is 8.43. The number of aryl methyl sites for hydroxylation is 2. The smallest absolute Gasteiger partial charge is 0.131 e. The van der Waals surface area contributed by atoms with Crippen LogP contribution in [0.25, 0.3) is 22.0 Å². The van der Waals surface area contributed by atoms with E-state index in [1.54, 1.807) is 13.2 Å². The van der Waals surface area contributed by atoms with Gasteiger partial charge in [0.1, 0.15) is 11.6 Å². The molecule has 0 bridgehead atoms. The third kappa shape index (κ3) is 3.44. The van der Waals surface area contributed by atoms with Crippen molar-refractivity contribution in [3.8, 4) is 11.1 Å². The Bertz CT molecular complexity index is 1240. The van der Waals surface area contributed by atoms with E-state index in [1.807, 2.05) is 13.1 Å². The van der Waals surface area contributed by atoms with Gasteiger partial charge in [0.2, 0.25) is 0 Å². The van der Waals surface area contributed by atoms with Crippen molar-refractivity contribution in [1.29, 1.82) is 0 Å². The molecule has 4 heteroatoms. The quantitative estimate of drug-likeness (QED) is 0.205. The number of aliphatic imine (C=N–C) groups is 1. The minimum absolute atomic E-state index is 0.712. The molecule has 0 spiro atoms. The summed E-state index contributed by atoms with van der Waals surface area (Å²) in [5.41, 5.74) is 10.5. The van der Waals surface area contributed by atoms with E-state index in [9.17, 15) is 0 Å². The Morgan fingerprint density at radius 2 is 1.88 bits per heavy atom. The molecule has 1 aliphatic rings. The number of benzene rings is 2. The summed E-state index contributed by atoms with van der Waals surface area (Å²) in [6, 6.07) is 11.3. The van der Waals surface area contributed by atoms with Crippen LogP contribution in [0, 0.1) is 20.8 Å². The van der Waals surface area contributed by atoms with Gasteiger partial charge in [-0.1, -0.05) is 43.3 Å². The fourth-order valence-corrected chi connectivity index (χ4v) is 5.04. The highest BCUT2D eigenvalue weighted by atomic mass is 16.5. The Hall–Kier alpha value is -3.27. The highest BCUT2D eigenvalue weighted by Crippen LogP contribution is 2.45. The van der Waals surface area contributed by atoms with Crippen molar-refractivity contribution in [1.82, 2.24) is 4.57 Å². The third-order valence-electron chi connectivity index (χ3n) is 6.63. The molecule has 3 aromatic rings. The lowest BCUT2D eigenvalue weighted by atomic mass is 9.88. The number of aromatic nitrogens is 1.